The number of aromatic nitrogens is 4. The van der Waals surface area contributed by atoms with Crippen LogP contribution in [0.25, 0.3) is 32.9 Å². The highest BCUT2D eigenvalue weighted by Crippen LogP contribution is 2.53. The van der Waals surface area contributed by atoms with Gasteiger partial charge in [-0.05, 0) is 79.8 Å². The number of methoxy groups -OCH3 is 1. The molecule has 8 rings (SSSR count). The number of fused-ring (bicyclic) bond motifs is 2. The molecule has 1 N–H and O–H groups in total. The Kier molecular flexibility index (Phi) is 9.01. The molecule has 2 aromatic carbocycles. The Morgan fingerprint density at radius 1 is 1.08 bits per heavy atom. The number of ether oxygens (including phenoxy) is 2. The minimum absolute atomic E-state index is 0.0447. The lowest BCUT2D eigenvalue weighted by molar-refractivity contribution is -0.153. The molecule has 0 radical (unpaired) electrons. The summed E-state index contributed by atoms with van der Waals surface area (Å²) in [6.07, 6.45) is 3.04. The highest BCUT2D eigenvalue weighted by molar-refractivity contribution is 6.06. The van der Waals surface area contributed by atoms with Crippen molar-refractivity contribution in [1.29, 1.82) is 0 Å². The van der Waals surface area contributed by atoms with E-state index in [-0.39, 0.29) is 23.0 Å². The number of amides is 1. The highest BCUT2D eigenvalue weighted by Gasteiger charge is 2.46. The summed E-state index contributed by atoms with van der Waals surface area (Å²) in [5.74, 6) is 1.45. The summed E-state index contributed by atoms with van der Waals surface area (Å²) in [6.45, 7) is 10.5. The monoisotopic (exact) mass is 718 g/mol. The number of nitrogens with zero attached hydrogens (tertiary/aromatic N) is 7. The van der Waals surface area contributed by atoms with Gasteiger partial charge in [-0.15, -0.1) is 0 Å². The molecule has 0 unspecified atom stereocenters. The maximum atomic E-state index is 14.1. The molecule has 2 aromatic heterocycles. The molecule has 3 saturated heterocycles. The van der Waals surface area contributed by atoms with E-state index in [1.54, 1.807) is 13.3 Å². The number of carbonyl (C=O) groups is 1. The number of H-pyrrole nitrogens is 1. The largest absolute Gasteiger partial charge is 0.481 e. The zero-order chi connectivity index (χ0) is 36.2. The number of carbonyl (C=O) groups excluding carboxylic acids is 1. The van der Waals surface area contributed by atoms with Crippen LogP contribution in [0.2, 0.25) is 0 Å². The maximum Gasteiger partial charge on any atom is 0.422 e. The summed E-state index contributed by atoms with van der Waals surface area (Å²) in [5.41, 5.74) is 4.54. The molecule has 1 aliphatic carbocycles. The molecule has 14 heteroatoms. The minimum Gasteiger partial charge on any atom is -0.481 e. The van der Waals surface area contributed by atoms with E-state index in [1.165, 1.54) is 6.08 Å². The van der Waals surface area contributed by atoms with E-state index in [9.17, 15) is 18.0 Å². The van der Waals surface area contributed by atoms with Crippen molar-refractivity contribution in [1.82, 2.24) is 30.0 Å². The first-order valence-corrected chi connectivity index (χ1v) is 18.2. The van der Waals surface area contributed by atoms with Crippen LogP contribution < -0.4 is 14.5 Å². The van der Waals surface area contributed by atoms with Crippen molar-refractivity contribution in [2.75, 3.05) is 82.6 Å². The van der Waals surface area contributed by atoms with Crippen LogP contribution in [0, 0.1) is 12.3 Å². The van der Waals surface area contributed by atoms with Crippen LogP contribution in [0.4, 0.5) is 24.9 Å². The van der Waals surface area contributed by atoms with Crippen LogP contribution in [0.15, 0.2) is 37.1 Å². The molecule has 4 fully saturated rings. The molecule has 1 amide bonds. The predicted molar refractivity (Wildman–Crippen MR) is 194 cm³/mol. The number of alkyl halides is 3. The number of aromatic amines is 1. The number of anilines is 2. The molecule has 5 heterocycles. The third-order valence-electron chi connectivity index (χ3n) is 11.3. The smallest absolute Gasteiger partial charge is 0.422 e. The maximum absolute atomic E-state index is 14.1. The van der Waals surface area contributed by atoms with Gasteiger partial charge in [-0.1, -0.05) is 12.6 Å². The molecular formula is C38H45F3N8O3. The topological polar surface area (TPSA) is 103 Å². The van der Waals surface area contributed by atoms with Crippen molar-refractivity contribution in [3.63, 3.8) is 0 Å². The van der Waals surface area contributed by atoms with Crippen molar-refractivity contribution < 1.29 is 27.4 Å². The summed E-state index contributed by atoms with van der Waals surface area (Å²) in [7, 11) is 1.68. The first kappa shape index (κ1) is 34.6. The normalized spacial score (nSPS) is 19.4. The van der Waals surface area contributed by atoms with Crippen molar-refractivity contribution >= 4 is 39.5 Å². The van der Waals surface area contributed by atoms with E-state index in [1.807, 2.05) is 24.0 Å². The predicted octanol–water partition coefficient (Wildman–Crippen LogP) is 6.03. The number of benzene rings is 2. The number of likely N-dealkylation sites (tertiary alicyclic amines) is 1. The average molecular weight is 719 g/mol. The minimum atomic E-state index is -4.56. The van der Waals surface area contributed by atoms with Gasteiger partial charge < -0.3 is 24.2 Å². The molecule has 1 saturated carbocycles. The highest BCUT2D eigenvalue weighted by atomic mass is 19.4. The molecule has 4 aromatic rings. The summed E-state index contributed by atoms with van der Waals surface area (Å²) < 4.78 is 53.6. The van der Waals surface area contributed by atoms with Crippen LogP contribution in [0.5, 0.6) is 5.75 Å². The summed E-state index contributed by atoms with van der Waals surface area (Å²) >= 11 is 0. The third-order valence-corrected chi connectivity index (χ3v) is 11.3. The van der Waals surface area contributed by atoms with Gasteiger partial charge >= 0.3 is 6.18 Å². The summed E-state index contributed by atoms with van der Waals surface area (Å²) in [6, 6.07) is 6.04. The average Bonchev–Trinajstić information content (AvgIpc) is 3.87. The molecule has 11 nitrogen and oxygen atoms in total. The van der Waals surface area contributed by atoms with Gasteiger partial charge in [-0.3, -0.25) is 14.8 Å². The van der Waals surface area contributed by atoms with Gasteiger partial charge in [0.1, 0.15) is 11.3 Å². The Morgan fingerprint density at radius 3 is 2.58 bits per heavy atom. The molecule has 0 atom stereocenters. The quantitative estimate of drug-likeness (QED) is 0.197. The first-order valence-electron chi connectivity index (χ1n) is 18.2. The standard InChI is InChI=1S/C38H45F3N8O3/c1-4-30(50)49-20-37(21-49)10-14-47(15-11-37)35-27-18-26(25-7-8-25)32(31-24(2)6-9-29-28(31)19-42-45-29)34(52-22-38(39,40)41)33(27)43-36(44-35)48-13-5-12-46(23-48)16-17-51-3/h4,6,9,18-19,25H,1,5,7-8,10-17,20-23H2,2-3H3,(H,42,45). The van der Waals surface area contributed by atoms with Crippen LogP contribution in [-0.2, 0) is 9.53 Å². The number of hydrogen-bond donors (Lipinski definition) is 1. The van der Waals surface area contributed by atoms with Crippen molar-refractivity contribution in [2.45, 2.75) is 51.1 Å². The van der Waals surface area contributed by atoms with E-state index in [2.05, 4.69) is 37.5 Å². The lowest BCUT2D eigenvalue weighted by Crippen LogP contribution is -2.61. The second-order valence-electron chi connectivity index (χ2n) is 14.9. The van der Waals surface area contributed by atoms with Crippen LogP contribution in [-0.4, -0.2) is 115 Å². The summed E-state index contributed by atoms with van der Waals surface area (Å²) in [4.78, 5) is 31.1. The Bertz CT molecular complexity index is 2000. The van der Waals surface area contributed by atoms with Crippen LogP contribution in [0.3, 0.4) is 0 Å². The van der Waals surface area contributed by atoms with Crippen molar-refractivity contribution in [3.05, 3.63) is 48.2 Å². The Balaban J connectivity index is 1.30. The molecule has 1 spiro atoms. The number of halogens is 3. The van der Waals surface area contributed by atoms with E-state index in [0.717, 1.165) is 72.8 Å². The molecule has 276 valence electrons. The second-order valence-corrected chi connectivity index (χ2v) is 14.9. The zero-order valence-corrected chi connectivity index (χ0v) is 29.8. The van der Waals surface area contributed by atoms with E-state index in [4.69, 9.17) is 19.4 Å². The van der Waals surface area contributed by atoms with Crippen molar-refractivity contribution in [3.8, 4) is 16.9 Å². The lowest BCUT2D eigenvalue weighted by atomic mass is 9.72. The van der Waals surface area contributed by atoms with Gasteiger partial charge in [0.2, 0.25) is 11.9 Å². The van der Waals surface area contributed by atoms with Gasteiger partial charge in [0.15, 0.2) is 12.4 Å². The fourth-order valence-corrected chi connectivity index (χ4v) is 8.33. The molecule has 0 bridgehead atoms. The fraction of sp³-hybridized carbons (Fsp3) is 0.526. The molecule has 3 aliphatic heterocycles. The number of nitrogens with one attached hydrogen (secondary N) is 1. The Morgan fingerprint density at radius 2 is 1.87 bits per heavy atom. The molecule has 52 heavy (non-hydrogen) atoms. The second kappa shape index (κ2) is 13.5. The third kappa shape index (κ3) is 6.55. The number of aryl methyl sites for hydroxylation is 1. The summed E-state index contributed by atoms with van der Waals surface area (Å²) in [5, 5.41) is 8.85. The van der Waals surface area contributed by atoms with Crippen LogP contribution >= 0.6 is 0 Å². The number of hydrogen-bond acceptors (Lipinski definition) is 9. The van der Waals surface area contributed by atoms with Crippen LogP contribution in [0.1, 0.15) is 49.1 Å². The Hall–Kier alpha value is -4.43. The zero-order valence-electron chi connectivity index (χ0n) is 29.8. The number of rotatable bonds is 10. The SMILES string of the molecule is C=CC(=O)N1CC2(CCN(c3nc(N4CCCN(CCOC)C4)nc4c(OCC(F)(F)F)c(-c5c(C)ccc6[nH]ncc56)c(C5CC5)cc34)CC2)C1. The van der Waals surface area contributed by atoms with Gasteiger partial charge in [0, 0.05) is 74.7 Å². The lowest BCUT2D eigenvalue weighted by Gasteiger charge is -2.54. The fourth-order valence-electron chi connectivity index (χ4n) is 8.33. The van der Waals surface area contributed by atoms with Crippen molar-refractivity contribution in [2.24, 2.45) is 5.41 Å². The van der Waals surface area contributed by atoms with E-state index < -0.39 is 12.8 Å². The van der Waals surface area contributed by atoms with Gasteiger partial charge in [-0.25, -0.2) is 4.98 Å². The van der Waals surface area contributed by atoms with Gasteiger partial charge in [-0.2, -0.15) is 23.3 Å². The number of piperidine rings is 1. The molecular weight excluding hydrogens is 673 g/mol. The van der Waals surface area contributed by atoms with E-state index in [0.29, 0.717) is 74.2 Å². The first-order chi connectivity index (χ1) is 25.1. The Labute approximate surface area is 300 Å². The van der Waals surface area contributed by atoms with E-state index >= 15 is 0 Å². The molecule has 4 aliphatic rings. The van der Waals surface area contributed by atoms with Gasteiger partial charge in [0.25, 0.3) is 0 Å². The van der Waals surface area contributed by atoms with Gasteiger partial charge in [0.05, 0.1) is 25.0 Å².